The Morgan fingerprint density at radius 3 is 2.55 bits per heavy atom. The molecule has 0 saturated carbocycles. The summed E-state index contributed by atoms with van der Waals surface area (Å²) in [4.78, 5) is 29.9. The maximum Gasteiger partial charge on any atom is 0.262 e. The second-order valence-electron chi connectivity index (χ2n) is 9.23. The Morgan fingerprint density at radius 1 is 1.11 bits per heavy atom. The molecule has 0 aliphatic carbocycles. The molecule has 2 unspecified atom stereocenters. The number of rotatable bonds is 6. The molecule has 0 radical (unpaired) electrons. The zero-order chi connectivity index (χ0) is 26.8. The van der Waals surface area contributed by atoms with Crippen LogP contribution in [0.25, 0.3) is 0 Å². The number of carbonyl (C=O) groups is 2. The number of amidine groups is 1. The van der Waals surface area contributed by atoms with Gasteiger partial charge in [0.2, 0.25) is 5.91 Å². The third-order valence-electron chi connectivity index (χ3n) is 6.76. The van der Waals surface area contributed by atoms with Crippen molar-refractivity contribution in [2.75, 3.05) is 12.4 Å². The van der Waals surface area contributed by atoms with Gasteiger partial charge in [-0.15, -0.1) is 0 Å². The summed E-state index contributed by atoms with van der Waals surface area (Å²) in [6, 6.07) is 19.3. The number of methoxy groups -OCH3 is 1. The molecule has 2 aliphatic rings. The third-order valence-corrected chi connectivity index (χ3v) is 7.90. The predicted octanol–water partition coefficient (Wildman–Crippen LogP) is 5.63. The Kier molecular flexibility index (Phi) is 7.28. The van der Waals surface area contributed by atoms with Crippen molar-refractivity contribution in [1.82, 2.24) is 5.01 Å². The van der Waals surface area contributed by atoms with Gasteiger partial charge in [0.1, 0.15) is 16.8 Å². The number of aryl methyl sites for hydroxylation is 1. The van der Waals surface area contributed by atoms with Crippen molar-refractivity contribution < 1.29 is 18.7 Å². The molecule has 0 fully saturated rings. The van der Waals surface area contributed by atoms with Crippen molar-refractivity contribution in [2.24, 2.45) is 10.1 Å². The second kappa shape index (κ2) is 10.8. The smallest absolute Gasteiger partial charge is 0.262 e. The fraction of sp³-hybridized carbons (Fsp3) is 0.241. The normalized spacial score (nSPS) is 18.8. The number of anilines is 1. The van der Waals surface area contributed by atoms with Crippen molar-refractivity contribution in [3.05, 3.63) is 94.8 Å². The number of amides is 2. The molecule has 3 aromatic carbocycles. The van der Waals surface area contributed by atoms with Crippen LogP contribution in [0.3, 0.4) is 0 Å². The summed E-state index contributed by atoms with van der Waals surface area (Å²) in [5.74, 6) is -0.207. The molecule has 38 heavy (non-hydrogen) atoms. The second-order valence-corrected chi connectivity index (χ2v) is 10.4. The van der Waals surface area contributed by atoms with Gasteiger partial charge >= 0.3 is 0 Å². The topological polar surface area (TPSA) is 83.4 Å². The molecule has 9 heteroatoms. The summed E-state index contributed by atoms with van der Waals surface area (Å²) in [7, 11) is 1.61. The molecule has 0 saturated heterocycles. The number of nitrogens with zero attached hydrogens (tertiary/aromatic N) is 3. The van der Waals surface area contributed by atoms with E-state index in [1.54, 1.807) is 24.3 Å². The quantitative estimate of drug-likeness (QED) is 0.447. The summed E-state index contributed by atoms with van der Waals surface area (Å²) < 4.78 is 18.9. The molecule has 5 rings (SSSR count). The van der Waals surface area contributed by atoms with Gasteiger partial charge in [-0.1, -0.05) is 36.0 Å². The minimum atomic E-state index is -0.649. The van der Waals surface area contributed by atoms with Crippen LogP contribution in [-0.4, -0.2) is 40.1 Å². The van der Waals surface area contributed by atoms with Crippen LogP contribution < -0.4 is 10.1 Å². The van der Waals surface area contributed by atoms with E-state index < -0.39 is 5.25 Å². The highest BCUT2D eigenvalue weighted by Crippen LogP contribution is 2.39. The lowest BCUT2D eigenvalue weighted by atomic mass is 9.98. The fourth-order valence-electron chi connectivity index (χ4n) is 4.45. The first-order valence-corrected chi connectivity index (χ1v) is 13.1. The van der Waals surface area contributed by atoms with E-state index in [1.807, 2.05) is 56.3 Å². The monoisotopic (exact) mass is 530 g/mol. The molecule has 2 amide bonds. The van der Waals surface area contributed by atoms with Crippen molar-refractivity contribution in [3.63, 3.8) is 0 Å². The number of hydrazone groups is 1. The van der Waals surface area contributed by atoms with Gasteiger partial charge in [0.15, 0.2) is 5.17 Å². The van der Waals surface area contributed by atoms with Crippen LogP contribution in [0.5, 0.6) is 5.75 Å². The van der Waals surface area contributed by atoms with Gasteiger partial charge in [-0.2, -0.15) is 10.1 Å². The lowest BCUT2D eigenvalue weighted by molar-refractivity contribution is -0.121. The van der Waals surface area contributed by atoms with Crippen LogP contribution in [0.1, 0.15) is 41.1 Å². The van der Waals surface area contributed by atoms with Crippen LogP contribution in [-0.2, 0) is 9.59 Å². The number of carbonyl (C=O) groups excluding carboxylic acids is 2. The lowest BCUT2D eigenvalue weighted by Gasteiger charge is -2.23. The lowest BCUT2D eigenvalue weighted by Crippen LogP contribution is -2.25. The minimum absolute atomic E-state index is 0.00596. The molecule has 2 heterocycles. The molecule has 2 atom stereocenters. The minimum Gasteiger partial charge on any atom is -0.497 e. The average molecular weight is 531 g/mol. The molecular formula is C29H27FN4O3S. The summed E-state index contributed by atoms with van der Waals surface area (Å²) >= 11 is 1.23. The fourth-order valence-corrected chi connectivity index (χ4v) is 5.51. The van der Waals surface area contributed by atoms with Crippen molar-refractivity contribution in [1.29, 1.82) is 0 Å². The van der Waals surface area contributed by atoms with E-state index in [2.05, 4.69) is 10.3 Å². The Balaban J connectivity index is 1.35. The van der Waals surface area contributed by atoms with Crippen molar-refractivity contribution >= 4 is 40.1 Å². The highest BCUT2D eigenvalue weighted by molar-refractivity contribution is 8.15. The predicted molar refractivity (Wildman–Crippen MR) is 148 cm³/mol. The van der Waals surface area contributed by atoms with E-state index in [9.17, 15) is 14.0 Å². The van der Waals surface area contributed by atoms with E-state index in [-0.39, 0.29) is 30.1 Å². The van der Waals surface area contributed by atoms with E-state index in [1.165, 1.54) is 23.9 Å². The van der Waals surface area contributed by atoms with E-state index in [0.717, 1.165) is 39.4 Å². The summed E-state index contributed by atoms with van der Waals surface area (Å²) in [5.41, 5.74) is 5.38. The van der Waals surface area contributed by atoms with Gasteiger partial charge in [-0.3, -0.25) is 9.59 Å². The van der Waals surface area contributed by atoms with Crippen molar-refractivity contribution in [2.45, 2.75) is 38.0 Å². The van der Waals surface area contributed by atoms with Crippen LogP contribution >= 0.6 is 11.8 Å². The van der Waals surface area contributed by atoms with Gasteiger partial charge in [0.05, 0.1) is 18.9 Å². The standard InChI is InChI=1S/C29H27FN4O3S/c1-17-5-4-6-23(18(17)2)31-27(35)16-26-28(36)32-29(38-26)34-25(20-7-11-21(30)12-8-20)15-24(33-34)19-9-13-22(37-3)14-10-19/h4-14,25-26H,15-16H2,1-3H3,(H,31,35). The largest absolute Gasteiger partial charge is 0.497 e. The summed E-state index contributed by atoms with van der Waals surface area (Å²) in [6.45, 7) is 3.93. The highest BCUT2D eigenvalue weighted by atomic mass is 32.2. The van der Waals surface area contributed by atoms with Crippen LogP contribution in [0.4, 0.5) is 10.1 Å². The SMILES string of the molecule is COc1ccc(C2=NN(C3=NC(=O)C(CC(=O)Nc4cccc(C)c4C)S3)C(c3ccc(F)cc3)C2)cc1. The van der Waals surface area contributed by atoms with Crippen LogP contribution in [0, 0.1) is 19.7 Å². The number of nitrogens with one attached hydrogen (secondary N) is 1. The summed E-state index contributed by atoms with van der Waals surface area (Å²) in [6.07, 6.45) is 0.539. The zero-order valence-corrected chi connectivity index (χ0v) is 22.1. The number of hydrogen-bond donors (Lipinski definition) is 1. The highest BCUT2D eigenvalue weighted by Gasteiger charge is 2.39. The summed E-state index contributed by atoms with van der Waals surface area (Å²) in [5, 5.41) is 9.24. The van der Waals surface area contributed by atoms with Crippen LogP contribution in [0.2, 0.25) is 0 Å². The van der Waals surface area contributed by atoms with E-state index in [4.69, 9.17) is 9.84 Å². The number of benzene rings is 3. The number of hydrogen-bond acceptors (Lipinski definition) is 6. The average Bonchev–Trinajstić information content (AvgIpc) is 3.51. The maximum absolute atomic E-state index is 13.6. The Hall–Kier alpha value is -3.98. The molecule has 0 aromatic heterocycles. The Bertz CT molecular complexity index is 1440. The van der Waals surface area contributed by atoms with E-state index >= 15 is 0 Å². The Morgan fingerprint density at radius 2 is 1.84 bits per heavy atom. The molecule has 194 valence electrons. The van der Waals surface area contributed by atoms with Crippen LogP contribution in [0.15, 0.2) is 76.8 Å². The molecule has 7 nitrogen and oxygen atoms in total. The van der Waals surface area contributed by atoms with Gasteiger partial charge in [-0.25, -0.2) is 9.40 Å². The Labute approximate surface area is 224 Å². The first kappa shape index (κ1) is 25.7. The maximum atomic E-state index is 13.6. The zero-order valence-electron chi connectivity index (χ0n) is 21.3. The first-order chi connectivity index (χ1) is 18.3. The van der Waals surface area contributed by atoms with E-state index in [0.29, 0.717) is 11.6 Å². The number of halogens is 1. The van der Waals surface area contributed by atoms with Gasteiger partial charge in [-0.05, 0) is 78.6 Å². The number of aliphatic imine (C=N–C) groups is 1. The van der Waals surface area contributed by atoms with Gasteiger partial charge in [0, 0.05) is 18.5 Å². The van der Waals surface area contributed by atoms with Crippen molar-refractivity contribution in [3.8, 4) is 5.75 Å². The first-order valence-electron chi connectivity index (χ1n) is 12.2. The molecule has 2 aliphatic heterocycles. The van der Waals surface area contributed by atoms with Gasteiger partial charge < -0.3 is 10.1 Å². The molecular weight excluding hydrogens is 503 g/mol. The molecule has 0 bridgehead atoms. The van der Waals surface area contributed by atoms with Gasteiger partial charge in [0.25, 0.3) is 5.91 Å². The number of thioether (sulfide) groups is 1. The molecule has 3 aromatic rings. The number of ether oxygens (including phenoxy) is 1. The third kappa shape index (κ3) is 5.33. The molecule has 1 N–H and O–H groups in total. The molecule has 0 spiro atoms.